The van der Waals surface area contributed by atoms with Gasteiger partial charge in [-0.2, -0.15) is 0 Å². The number of nitrogens with one attached hydrogen (secondary N) is 2. The lowest BCUT2D eigenvalue weighted by molar-refractivity contribution is 0.274. The number of hydrogen-bond acceptors (Lipinski definition) is 3. The Balaban J connectivity index is 1.58. The molecule has 0 spiro atoms. The summed E-state index contributed by atoms with van der Waals surface area (Å²) in [6, 6.07) is 16.5. The van der Waals surface area contributed by atoms with Gasteiger partial charge in [-0.05, 0) is 62.0 Å². The highest BCUT2D eigenvalue weighted by molar-refractivity contribution is 5.74. The number of aromatic nitrogens is 2. The van der Waals surface area contributed by atoms with Crippen LogP contribution in [0.2, 0.25) is 0 Å². The zero-order chi connectivity index (χ0) is 19.1. The van der Waals surface area contributed by atoms with E-state index in [2.05, 4.69) is 52.1 Å². The van der Waals surface area contributed by atoms with Crippen LogP contribution in [-0.4, -0.2) is 34.5 Å². The van der Waals surface area contributed by atoms with E-state index >= 15 is 0 Å². The van der Waals surface area contributed by atoms with E-state index in [-0.39, 0.29) is 0 Å². The number of rotatable bonds is 9. The van der Waals surface area contributed by atoms with Crippen LogP contribution in [0.4, 0.5) is 0 Å². The molecular weight excluding hydrogens is 338 g/mol. The Bertz CT molecular complexity index is 976. The molecule has 0 fully saturated rings. The van der Waals surface area contributed by atoms with Gasteiger partial charge in [0.15, 0.2) is 0 Å². The lowest BCUT2D eigenvalue weighted by Gasteiger charge is -2.21. The first-order valence-corrected chi connectivity index (χ1v) is 9.67. The van der Waals surface area contributed by atoms with Gasteiger partial charge in [0.25, 0.3) is 0 Å². The van der Waals surface area contributed by atoms with E-state index in [9.17, 15) is 9.59 Å². The molecule has 0 unspecified atom stereocenters. The second-order valence-corrected chi connectivity index (χ2v) is 6.97. The maximum Gasteiger partial charge on any atom is 0.314 e. The highest BCUT2D eigenvalue weighted by Gasteiger charge is 2.06. The molecule has 0 bridgehead atoms. The van der Waals surface area contributed by atoms with Gasteiger partial charge >= 0.3 is 11.1 Å². The van der Waals surface area contributed by atoms with Crippen molar-refractivity contribution in [3.63, 3.8) is 0 Å². The Morgan fingerprint density at radius 2 is 1.52 bits per heavy atom. The summed E-state index contributed by atoms with van der Waals surface area (Å²) in [5.74, 6) is 0. The van der Waals surface area contributed by atoms with Gasteiger partial charge < -0.3 is 14.9 Å². The van der Waals surface area contributed by atoms with Gasteiger partial charge in [-0.1, -0.05) is 43.3 Å². The average Bonchev–Trinajstić information content (AvgIpc) is 2.68. The van der Waals surface area contributed by atoms with Crippen molar-refractivity contribution < 1.29 is 0 Å². The standard InChI is InChI=1S/C22H27N3O2/c1-2-13-25(14-6-9-17-7-4-3-5-8-17)15-12-18-10-11-19-20(16-18)24-22(27)21(26)23-19/h3-5,7-8,10-11,16H,2,6,9,12-15H2,1H3,(H,23,26)(H,24,27). The molecule has 3 aromatic rings. The minimum absolute atomic E-state index is 0.604. The molecule has 5 nitrogen and oxygen atoms in total. The van der Waals surface area contributed by atoms with Gasteiger partial charge in [-0.25, -0.2) is 0 Å². The van der Waals surface area contributed by atoms with Crippen molar-refractivity contribution in [3.8, 4) is 0 Å². The number of hydrogen-bond donors (Lipinski definition) is 2. The van der Waals surface area contributed by atoms with Crippen molar-refractivity contribution >= 4 is 11.0 Å². The predicted octanol–water partition coefficient (Wildman–Crippen LogP) is 3.10. The predicted molar refractivity (Wildman–Crippen MR) is 110 cm³/mol. The summed E-state index contributed by atoms with van der Waals surface area (Å²) in [6.07, 6.45) is 4.31. The van der Waals surface area contributed by atoms with Gasteiger partial charge in [0.2, 0.25) is 0 Å². The number of H-pyrrole nitrogens is 2. The zero-order valence-corrected chi connectivity index (χ0v) is 15.8. The number of nitrogens with zero attached hydrogens (tertiary/aromatic N) is 1. The molecule has 0 saturated carbocycles. The maximum atomic E-state index is 11.5. The van der Waals surface area contributed by atoms with Crippen molar-refractivity contribution in [1.82, 2.24) is 14.9 Å². The van der Waals surface area contributed by atoms with Crippen LogP contribution in [0.1, 0.15) is 30.9 Å². The summed E-state index contributed by atoms with van der Waals surface area (Å²) >= 11 is 0. The summed E-state index contributed by atoms with van der Waals surface area (Å²) in [6.45, 7) is 5.37. The normalized spacial score (nSPS) is 11.3. The number of benzene rings is 2. The third-order valence-corrected chi connectivity index (χ3v) is 4.83. The molecular formula is C22H27N3O2. The third kappa shape index (κ3) is 5.41. The molecule has 0 amide bonds. The third-order valence-electron chi connectivity index (χ3n) is 4.83. The summed E-state index contributed by atoms with van der Waals surface area (Å²) in [5.41, 5.74) is 2.69. The number of aryl methyl sites for hydroxylation is 1. The molecule has 1 aromatic heterocycles. The summed E-state index contributed by atoms with van der Waals surface area (Å²) < 4.78 is 0. The molecule has 3 rings (SSSR count). The molecule has 0 aliphatic rings. The Morgan fingerprint density at radius 1 is 0.778 bits per heavy atom. The summed E-state index contributed by atoms with van der Waals surface area (Å²) in [5, 5.41) is 0. The smallest absolute Gasteiger partial charge is 0.314 e. The number of aromatic amines is 2. The second-order valence-electron chi connectivity index (χ2n) is 6.97. The van der Waals surface area contributed by atoms with Crippen LogP contribution in [0.5, 0.6) is 0 Å². The van der Waals surface area contributed by atoms with Gasteiger partial charge in [0.05, 0.1) is 11.0 Å². The van der Waals surface area contributed by atoms with Crippen molar-refractivity contribution in [1.29, 1.82) is 0 Å². The van der Waals surface area contributed by atoms with Crippen LogP contribution in [-0.2, 0) is 12.8 Å². The van der Waals surface area contributed by atoms with Gasteiger partial charge in [-0.3, -0.25) is 9.59 Å². The van der Waals surface area contributed by atoms with E-state index in [1.54, 1.807) is 0 Å². The number of fused-ring (bicyclic) bond motifs is 1. The lowest BCUT2D eigenvalue weighted by Crippen LogP contribution is -2.29. The Kier molecular flexibility index (Phi) is 6.60. The van der Waals surface area contributed by atoms with Crippen molar-refractivity contribution in [2.45, 2.75) is 32.6 Å². The first-order chi connectivity index (χ1) is 13.2. The molecule has 1 heterocycles. The molecule has 0 atom stereocenters. The van der Waals surface area contributed by atoms with E-state index in [0.717, 1.165) is 50.9 Å². The highest BCUT2D eigenvalue weighted by atomic mass is 16.2. The van der Waals surface area contributed by atoms with E-state index in [4.69, 9.17) is 0 Å². The van der Waals surface area contributed by atoms with Gasteiger partial charge in [0, 0.05) is 6.54 Å². The minimum atomic E-state index is -0.609. The van der Waals surface area contributed by atoms with Gasteiger partial charge in [-0.15, -0.1) is 0 Å². The topological polar surface area (TPSA) is 69.0 Å². The molecule has 5 heteroatoms. The van der Waals surface area contributed by atoms with Crippen LogP contribution in [0.15, 0.2) is 58.1 Å². The largest absolute Gasteiger partial charge is 0.316 e. The van der Waals surface area contributed by atoms with Crippen LogP contribution >= 0.6 is 0 Å². The van der Waals surface area contributed by atoms with E-state index < -0.39 is 11.1 Å². The zero-order valence-electron chi connectivity index (χ0n) is 15.8. The van der Waals surface area contributed by atoms with E-state index in [1.807, 2.05) is 18.2 Å². The molecule has 27 heavy (non-hydrogen) atoms. The fourth-order valence-corrected chi connectivity index (χ4v) is 3.41. The van der Waals surface area contributed by atoms with Crippen molar-refractivity contribution in [2.24, 2.45) is 0 Å². The monoisotopic (exact) mass is 365 g/mol. The molecule has 2 aromatic carbocycles. The first kappa shape index (κ1) is 19.1. The van der Waals surface area contributed by atoms with Crippen LogP contribution in [0.25, 0.3) is 11.0 Å². The fourth-order valence-electron chi connectivity index (χ4n) is 3.41. The highest BCUT2D eigenvalue weighted by Crippen LogP contribution is 2.11. The minimum Gasteiger partial charge on any atom is -0.316 e. The van der Waals surface area contributed by atoms with Crippen molar-refractivity contribution in [2.75, 3.05) is 19.6 Å². The SMILES string of the molecule is CCCN(CCCc1ccccc1)CCc1ccc2[nH]c(=O)c(=O)[nH]c2c1. The molecule has 0 saturated heterocycles. The molecule has 0 aliphatic carbocycles. The maximum absolute atomic E-state index is 11.5. The van der Waals surface area contributed by atoms with Crippen LogP contribution in [0.3, 0.4) is 0 Å². The van der Waals surface area contributed by atoms with E-state index in [0.29, 0.717) is 11.0 Å². The molecule has 142 valence electrons. The van der Waals surface area contributed by atoms with Crippen LogP contribution in [0, 0.1) is 0 Å². The molecule has 2 N–H and O–H groups in total. The summed E-state index contributed by atoms with van der Waals surface area (Å²) in [4.78, 5) is 30.7. The fraction of sp³-hybridized carbons (Fsp3) is 0.364. The van der Waals surface area contributed by atoms with Gasteiger partial charge in [0.1, 0.15) is 0 Å². The van der Waals surface area contributed by atoms with E-state index in [1.165, 1.54) is 5.56 Å². The first-order valence-electron chi connectivity index (χ1n) is 9.67. The van der Waals surface area contributed by atoms with Crippen molar-refractivity contribution in [3.05, 3.63) is 80.4 Å². The quantitative estimate of drug-likeness (QED) is 0.573. The summed E-state index contributed by atoms with van der Waals surface area (Å²) in [7, 11) is 0. The van der Waals surface area contributed by atoms with Crippen LogP contribution < -0.4 is 11.1 Å². The Hall–Kier alpha value is -2.66. The Labute approximate surface area is 159 Å². The second kappa shape index (κ2) is 9.33. The average molecular weight is 365 g/mol. The Morgan fingerprint density at radius 3 is 2.26 bits per heavy atom. The molecule has 0 aliphatic heterocycles. The molecule has 0 radical (unpaired) electrons. The lowest BCUT2D eigenvalue weighted by atomic mass is 10.1.